The SMILES string of the molecule is Nc1ncnc2c1ncn2C1OC(COP(=O)(O)O)C(O)C1O.[Zn+2]. The van der Waals surface area contributed by atoms with Crippen LogP contribution in [0.25, 0.3) is 11.2 Å². The Morgan fingerprint density at radius 3 is 2.67 bits per heavy atom. The van der Waals surface area contributed by atoms with Gasteiger partial charge >= 0.3 is 27.3 Å². The smallest absolute Gasteiger partial charge is 0.387 e. The van der Waals surface area contributed by atoms with Crippen molar-refractivity contribution in [1.82, 2.24) is 19.5 Å². The van der Waals surface area contributed by atoms with Crippen molar-refractivity contribution in [3.63, 3.8) is 0 Å². The van der Waals surface area contributed by atoms with Crippen LogP contribution in [0, 0.1) is 0 Å². The van der Waals surface area contributed by atoms with E-state index < -0.39 is 39.0 Å². The molecular weight excluding hydrogens is 399 g/mol. The van der Waals surface area contributed by atoms with Gasteiger partial charge in [-0.1, -0.05) is 0 Å². The zero-order valence-electron chi connectivity index (χ0n) is 12.2. The summed E-state index contributed by atoms with van der Waals surface area (Å²) in [6.07, 6.45) is -2.49. The molecule has 0 aliphatic carbocycles. The van der Waals surface area contributed by atoms with Crippen LogP contribution in [-0.2, 0) is 33.3 Å². The number of fused-ring (bicyclic) bond motifs is 1. The second-order valence-electron chi connectivity index (χ2n) is 4.92. The number of ether oxygens (including phenoxy) is 1. The van der Waals surface area contributed by atoms with Crippen LogP contribution in [0.4, 0.5) is 5.82 Å². The maximum Gasteiger partial charge on any atom is 2.00 e. The first-order valence-corrected chi connectivity index (χ1v) is 7.95. The molecule has 1 saturated heterocycles. The second-order valence-corrected chi connectivity index (χ2v) is 6.15. The van der Waals surface area contributed by atoms with Gasteiger partial charge < -0.3 is 30.5 Å². The topological polar surface area (TPSA) is 186 Å². The molecule has 0 spiro atoms. The van der Waals surface area contributed by atoms with Crippen LogP contribution in [0.1, 0.15) is 6.23 Å². The number of aromatic nitrogens is 4. The number of aliphatic hydroxyl groups is 2. The van der Waals surface area contributed by atoms with Crippen molar-refractivity contribution in [3.8, 4) is 0 Å². The van der Waals surface area contributed by atoms with Crippen molar-refractivity contribution in [3.05, 3.63) is 12.7 Å². The van der Waals surface area contributed by atoms with E-state index in [2.05, 4.69) is 19.5 Å². The molecule has 4 atom stereocenters. The minimum atomic E-state index is -4.72. The summed E-state index contributed by atoms with van der Waals surface area (Å²) in [5.74, 6) is 0.142. The Hall–Kier alpha value is -1.04. The van der Waals surface area contributed by atoms with E-state index in [1.807, 2.05) is 0 Å². The molecule has 0 saturated carbocycles. The number of hydrogen-bond donors (Lipinski definition) is 5. The predicted molar refractivity (Wildman–Crippen MR) is 73.7 cm³/mol. The summed E-state index contributed by atoms with van der Waals surface area (Å²) >= 11 is 0. The van der Waals surface area contributed by atoms with Crippen molar-refractivity contribution in [2.75, 3.05) is 12.3 Å². The molecule has 24 heavy (non-hydrogen) atoms. The molecule has 1 aliphatic heterocycles. The Bertz CT molecular complexity index is 769. The zero-order chi connectivity index (χ0) is 16.8. The van der Waals surface area contributed by atoms with Crippen LogP contribution < -0.4 is 5.73 Å². The second kappa shape index (κ2) is 7.06. The molecule has 3 heterocycles. The quantitative estimate of drug-likeness (QED) is 0.280. The summed E-state index contributed by atoms with van der Waals surface area (Å²) in [6, 6.07) is 0. The zero-order valence-corrected chi connectivity index (χ0v) is 16.1. The fraction of sp³-hybridized carbons (Fsp3) is 0.500. The van der Waals surface area contributed by atoms with Crippen molar-refractivity contribution in [1.29, 1.82) is 0 Å². The fourth-order valence-corrected chi connectivity index (χ4v) is 2.66. The molecule has 6 N–H and O–H groups in total. The summed E-state index contributed by atoms with van der Waals surface area (Å²) in [4.78, 5) is 29.2. The minimum absolute atomic E-state index is 0. The average molecular weight is 413 g/mol. The summed E-state index contributed by atoms with van der Waals surface area (Å²) in [5, 5.41) is 20.1. The van der Waals surface area contributed by atoms with Crippen LogP contribution in [0.3, 0.4) is 0 Å². The number of nitrogens with two attached hydrogens (primary N) is 1. The van der Waals surface area contributed by atoms with Gasteiger partial charge in [0.25, 0.3) is 0 Å². The van der Waals surface area contributed by atoms with Gasteiger partial charge in [-0.3, -0.25) is 9.09 Å². The Morgan fingerprint density at radius 2 is 2.00 bits per heavy atom. The third kappa shape index (κ3) is 3.63. The van der Waals surface area contributed by atoms with Gasteiger partial charge in [-0.2, -0.15) is 0 Å². The number of nitrogen functional groups attached to an aromatic ring is 1. The molecular formula is C10H14N5O7PZn+2. The molecule has 1 aliphatic rings. The van der Waals surface area contributed by atoms with Gasteiger partial charge in [0, 0.05) is 0 Å². The molecule has 2 aromatic heterocycles. The number of anilines is 1. The number of rotatable bonds is 4. The Balaban J connectivity index is 0.00000208. The predicted octanol–water partition coefficient (Wildman–Crippen LogP) is -1.87. The molecule has 12 nitrogen and oxygen atoms in total. The van der Waals surface area contributed by atoms with E-state index >= 15 is 0 Å². The van der Waals surface area contributed by atoms with E-state index in [0.29, 0.717) is 5.52 Å². The molecule has 2 aromatic rings. The first kappa shape index (κ1) is 19.3. The molecule has 0 bridgehead atoms. The molecule has 126 valence electrons. The van der Waals surface area contributed by atoms with E-state index in [1.54, 1.807) is 0 Å². The van der Waals surface area contributed by atoms with Gasteiger partial charge in [0.05, 0.1) is 12.9 Å². The van der Waals surface area contributed by atoms with Crippen LogP contribution >= 0.6 is 7.82 Å². The van der Waals surface area contributed by atoms with Crippen LogP contribution in [-0.4, -0.2) is 64.4 Å². The third-order valence-electron chi connectivity index (χ3n) is 3.41. The molecule has 0 aromatic carbocycles. The van der Waals surface area contributed by atoms with Crippen molar-refractivity contribution < 1.29 is 53.3 Å². The molecule has 0 amide bonds. The summed E-state index contributed by atoms with van der Waals surface area (Å²) in [7, 11) is -4.72. The van der Waals surface area contributed by atoms with Gasteiger partial charge in [-0.05, 0) is 0 Å². The van der Waals surface area contributed by atoms with Crippen LogP contribution in [0.15, 0.2) is 12.7 Å². The monoisotopic (exact) mass is 411 g/mol. The number of nitrogens with zero attached hydrogens (tertiary/aromatic N) is 4. The first-order chi connectivity index (χ1) is 10.8. The van der Waals surface area contributed by atoms with Crippen molar-refractivity contribution in [2.24, 2.45) is 0 Å². The average Bonchev–Trinajstić information content (AvgIpc) is 3.01. The van der Waals surface area contributed by atoms with Crippen molar-refractivity contribution in [2.45, 2.75) is 24.5 Å². The Labute approximate surface area is 147 Å². The maximum absolute atomic E-state index is 10.7. The van der Waals surface area contributed by atoms with Gasteiger partial charge in [0.1, 0.15) is 30.2 Å². The van der Waals surface area contributed by atoms with Gasteiger partial charge in [0.2, 0.25) is 0 Å². The molecule has 14 heteroatoms. The van der Waals surface area contributed by atoms with Crippen LogP contribution in [0.2, 0.25) is 0 Å². The summed E-state index contributed by atoms with van der Waals surface area (Å²) < 4.78 is 21.8. The molecule has 0 radical (unpaired) electrons. The van der Waals surface area contributed by atoms with Gasteiger partial charge in [-0.15, -0.1) is 0 Å². The first-order valence-electron chi connectivity index (χ1n) is 6.42. The standard InChI is InChI=1S/C10H14N5O7P.Zn/c11-8-5-9(13-2-12-8)15(3-14-5)10-7(17)6(16)4(22-10)1-21-23(18,19)20;/h2-4,6-7,10,16-17H,1H2,(H2,11,12,13)(H2,18,19,20);/q;+2. The number of phosphoric acid groups is 1. The third-order valence-corrected chi connectivity index (χ3v) is 3.89. The number of phosphoric ester groups is 1. The van der Waals surface area contributed by atoms with E-state index in [9.17, 15) is 14.8 Å². The summed E-state index contributed by atoms with van der Waals surface area (Å²) in [5.41, 5.74) is 6.25. The number of aliphatic hydroxyl groups excluding tert-OH is 2. The van der Waals surface area contributed by atoms with E-state index in [-0.39, 0.29) is 30.9 Å². The Kier molecular flexibility index (Phi) is 5.68. The summed E-state index contributed by atoms with van der Waals surface area (Å²) in [6.45, 7) is -0.594. The van der Waals surface area contributed by atoms with Gasteiger partial charge in [0.15, 0.2) is 17.7 Å². The maximum atomic E-state index is 10.7. The molecule has 3 rings (SSSR count). The Morgan fingerprint density at radius 1 is 1.29 bits per heavy atom. The number of hydrogen-bond acceptors (Lipinski definition) is 9. The molecule has 1 fully saturated rings. The number of imidazole rings is 1. The fourth-order valence-electron chi connectivity index (χ4n) is 2.32. The molecule has 4 unspecified atom stereocenters. The van der Waals surface area contributed by atoms with E-state index in [0.717, 1.165) is 0 Å². The van der Waals surface area contributed by atoms with Crippen molar-refractivity contribution >= 4 is 24.8 Å². The largest absolute Gasteiger partial charge is 2.00 e. The normalized spacial score (nSPS) is 27.3. The van der Waals surface area contributed by atoms with E-state index in [4.69, 9.17) is 20.3 Å². The van der Waals surface area contributed by atoms with E-state index in [1.165, 1.54) is 17.2 Å². The minimum Gasteiger partial charge on any atom is -0.387 e. The van der Waals surface area contributed by atoms with Crippen LogP contribution in [0.5, 0.6) is 0 Å². The van der Waals surface area contributed by atoms with Gasteiger partial charge in [-0.25, -0.2) is 19.5 Å².